The van der Waals surface area contributed by atoms with Gasteiger partial charge in [-0.2, -0.15) is 5.26 Å². The van der Waals surface area contributed by atoms with Gasteiger partial charge in [-0.15, -0.1) is 0 Å². The summed E-state index contributed by atoms with van der Waals surface area (Å²) in [7, 11) is 0. The summed E-state index contributed by atoms with van der Waals surface area (Å²) in [6, 6.07) is 11.6. The lowest BCUT2D eigenvalue weighted by atomic mass is 10.2. The van der Waals surface area contributed by atoms with Crippen LogP contribution in [0.4, 0.5) is 0 Å². The quantitative estimate of drug-likeness (QED) is 0.679. The van der Waals surface area contributed by atoms with Crippen LogP contribution in [-0.2, 0) is 0 Å². The van der Waals surface area contributed by atoms with Gasteiger partial charge in [-0.25, -0.2) is 9.97 Å². The molecule has 18 heavy (non-hydrogen) atoms. The topological polar surface area (TPSA) is 65.4 Å². The Morgan fingerprint density at radius 3 is 2.67 bits per heavy atom. The molecule has 0 aliphatic carbocycles. The molecule has 1 aromatic carbocycles. The van der Waals surface area contributed by atoms with Crippen molar-refractivity contribution < 1.29 is 0 Å². The summed E-state index contributed by atoms with van der Waals surface area (Å²) < 4.78 is 0. The number of halogens is 1. The Kier molecular flexibility index (Phi) is 2.47. The molecule has 0 amide bonds. The highest BCUT2D eigenvalue weighted by molar-refractivity contribution is 6.33. The summed E-state index contributed by atoms with van der Waals surface area (Å²) in [5.74, 6) is 0.518. The van der Waals surface area contributed by atoms with E-state index in [4.69, 9.17) is 16.9 Å². The molecule has 0 aliphatic rings. The molecule has 0 radical (unpaired) electrons. The molecule has 0 unspecified atom stereocenters. The predicted molar refractivity (Wildman–Crippen MR) is 69.0 cm³/mol. The normalized spacial score (nSPS) is 10.4. The lowest BCUT2D eigenvalue weighted by Gasteiger charge is -2.01. The maximum absolute atomic E-state index is 9.00. The zero-order chi connectivity index (χ0) is 12.5. The third-order valence-corrected chi connectivity index (χ3v) is 2.91. The second-order valence-electron chi connectivity index (χ2n) is 3.74. The number of nitrogens with one attached hydrogen (secondary N) is 1. The van der Waals surface area contributed by atoms with Gasteiger partial charge in [-0.05, 0) is 0 Å². The van der Waals surface area contributed by atoms with Gasteiger partial charge in [-0.3, -0.25) is 0 Å². The van der Waals surface area contributed by atoms with Crippen LogP contribution in [0.25, 0.3) is 22.4 Å². The number of hydrogen-bond donors (Lipinski definition) is 1. The van der Waals surface area contributed by atoms with Crippen molar-refractivity contribution in [1.82, 2.24) is 15.0 Å². The van der Waals surface area contributed by atoms with E-state index in [1.807, 2.05) is 30.3 Å². The molecule has 0 atom stereocenters. The number of aromatic amines is 1. The van der Waals surface area contributed by atoms with E-state index in [0.29, 0.717) is 27.6 Å². The largest absolute Gasteiger partial charge is 0.356 e. The number of H-pyrrole nitrogens is 1. The zero-order valence-corrected chi connectivity index (χ0v) is 9.94. The van der Waals surface area contributed by atoms with E-state index in [0.717, 1.165) is 5.56 Å². The van der Waals surface area contributed by atoms with E-state index in [9.17, 15) is 0 Å². The van der Waals surface area contributed by atoms with Crippen molar-refractivity contribution in [2.45, 2.75) is 0 Å². The molecule has 86 valence electrons. The third kappa shape index (κ3) is 1.62. The highest BCUT2D eigenvalue weighted by Gasteiger charge is 2.12. The van der Waals surface area contributed by atoms with Crippen molar-refractivity contribution in [1.29, 1.82) is 5.26 Å². The van der Waals surface area contributed by atoms with E-state index in [1.54, 1.807) is 6.20 Å². The van der Waals surface area contributed by atoms with E-state index in [-0.39, 0.29) is 0 Å². The van der Waals surface area contributed by atoms with Gasteiger partial charge >= 0.3 is 0 Å². The van der Waals surface area contributed by atoms with Crippen molar-refractivity contribution in [3.8, 4) is 17.5 Å². The van der Waals surface area contributed by atoms with Crippen LogP contribution in [0.1, 0.15) is 5.56 Å². The maximum atomic E-state index is 9.00. The molecule has 0 saturated heterocycles. The number of hydrogen-bond acceptors (Lipinski definition) is 3. The number of benzene rings is 1. The van der Waals surface area contributed by atoms with Gasteiger partial charge in [0.25, 0.3) is 0 Å². The van der Waals surface area contributed by atoms with Gasteiger partial charge in [0.1, 0.15) is 17.1 Å². The van der Waals surface area contributed by atoms with Crippen molar-refractivity contribution in [3.05, 3.63) is 47.2 Å². The van der Waals surface area contributed by atoms with E-state index in [2.05, 4.69) is 21.0 Å². The van der Waals surface area contributed by atoms with Crippen molar-refractivity contribution in [3.63, 3.8) is 0 Å². The summed E-state index contributed by atoms with van der Waals surface area (Å²) in [5, 5.41) is 9.32. The Balaban J connectivity index is 2.30. The summed E-state index contributed by atoms with van der Waals surface area (Å²) >= 11 is 6.09. The first-order chi connectivity index (χ1) is 8.79. The molecule has 0 aliphatic heterocycles. The molecule has 0 saturated carbocycles. The van der Waals surface area contributed by atoms with Crippen LogP contribution in [0, 0.1) is 11.3 Å². The molecule has 5 heteroatoms. The van der Waals surface area contributed by atoms with Gasteiger partial charge in [-0.1, -0.05) is 41.9 Å². The van der Waals surface area contributed by atoms with E-state index < -0.39 is 0 Å². The first kappa shape index (κ1) is 10.8. The third-order valence-electron chi connectivity index (χ3n) is 2.63. The smallest absolute Gasteiger partial charge is 0.161 e. The van der Waals surface area contributed by atoms with Crippen LogP contribution in [-0.4, -0.2) is 15.0 Å². The van der Waals surface area contributed by atoms with Crippen LogP contribution < -0.4 is 0 Å². The van der Waals surface area contributed by atoms with Crippen LogP contribution in [0.15, 0.2) is 36.5 Å². The predicted octanol–water partition coefficient (Wildman–Crippen LogP) is 3.15. The summed E-state index contributed by atoms with van der Waals surface area (Å²) in [5.41, 5.74) is 2.47. The number of nitriles is 1. The van der Waals surface area contributed by atoms with E-state index >= 15 is 0 Å². The molecular formula is C13H7ClN4. The molecule has 2 aromatic heterocycles. The SMILES string of the molecule is N#Cc1c[nH]c2c(Cl)nc(-c3ccccc3)nc12. The van der Waals surface area contributed by atoms with Gasteiger partial charge in [0.05, 0.1) is 5.56 Å². The molecule has 0 bridgehead atoms. The Bertz CT molecular complexity index is 756. The van der Waals surface area contributed by atoms with E-state index in [1.165, 1.54) is 0 Å². The van der Waals surface area contributed by atoms with Crippen molar-refractivity contribution in [2.75, 3.05) is 0 Å². The number of fused-ring (bicyclic) bond motifs is 1. The van der Waals surface area contributed by atoms with Crippen LogP contribution in [0.3, 0.4) is 0 Å². The Morgan fingerprint density at radius 2 is 1.94 bits per heavy atom. The van der Waals surface area contributed by atoms with Gasteiger partial charge < -0.3 is 4.98 Å². The molecule has 4 nitrogen and oxygen atoms in total. The standard InChI is InChI=1S/C13H7ClN4/c14-12-11-10(9(6-15)7-16-11)17-13(18-12)8-4-2-1-3-5-8/h1-5,7,16H. The fourth-order valence-corrected chi connectivity index (χ4v) is 1.99. The molecule has 0 spiro atoms. The second kappa shape index (κ2) is 4.13. The Morgan fingerprint density at radius 1 is 1.17 bits per heavy atom. The average Bonchev–Trinajstić information content (AvgIpc) is 2.83. The number of nitrogens with zero attached hydrogens (tertiary/aromatic N) is 3. The van der Waals surface area contributed by atoms with Crippen LogP contribution >= 0.6 is 11.6 Å². The van der Waals surface area contributed by atoms with Crippen molar-refractivity contribution in [2.24, 2.45) is 0 Å². The van der Waals surface area contributed by atoms with Gasteiger partial charge in [0, 0.05) is 11.8 Å². The fourth-order valence-electron chi connectivity index (χ4n) is 1.77. The van der Waals surface area contributed by atoms with Crippen LogP contribution in [0.5, 0.6) is 0 Å². The zero-order valence-electron chi connectivity index (χ0n) is 9.18. The second-order valence-corrected chi connectivity index (χ2v) is 4.10. The Hall–Kier alpha value is -2.38. The number of rotatable bonds is 1. The lowest BCUT2D eigenvalue weighted by Crippen LogP contribution is -1.91. The molecule has 3 rings (SSSR count). The molecule has 3 aromatic rings. The summed E-state index contributed by atoms with van der Waals surface area (Å²) in [6.07, 6.45) is 1.58. The monoisotopic (exact) mass is 254 g/mol. The first-order valence-corrected chi connectivity index (χ1v) is 5.67. The van der Waals surface area contributed by atoms with Gasteiger partial charge in [0.15, 0.2) is 11.0 Å². The fraction of sp³-hybridized carbons (Fsp3) is 0. The summed E-state index contributed by atoms with van der Waals surface area (Å²) in [6.45, 7) is 0. The average molecular weight is 255 g/mol. The Labute approximate surface area is 108 Å². The van der Waals surface area contributed by atoms with Crippen LogP contribution in [0.2, 0.25) is 5.15 Å². The lowest BCUT2D eigenvalue weighted by molar-refractivity contribution is 1.22. The van der Waals surface area contributed by atoms with Gasteiger partial charge in [0.2, 0.25) is 0 Å². The molecule has 1 N–H and O–H groups in total. The maximum Gasteiger partial charge on any atom is 0.161 e. The first-order valence-electron chi connectivity index (χ1n) is 5.30. The number of aromatic nitrogens is 3. The van der Waals surface area contributed by atoms with Crippen molar-refractivity contribution >= 4 is 22.6 Å². The minimum Gasteiger partial charge on any atom is -0.356 e. The summed E-state index contributed by atoms with van der Waals surface area (Å²) in [4.78, 5) is 11.5. The molecular weight excluding hydrogens is 248 g/mol. The minimum absolute atomic E-state index is 0.320. The molecule has 2 heterocycles. The highest BCUT2D eigenvalue weighted by atomic mass is 35.5. The highest BCUT2D eigenvalue weighted by Crippen LogP contribution is 2.25. The minimum atomic E-state index is 0.320. The molecule has 0 fully saturated rings.